The molecule has 1 saturated carbocycles. The van der Waals surface area contributed by atoms with Gasteiger partial charge in [-0.3, -0.25) is 9.89 Å². The Morgan fingerprint density at radius 3 is 2.47 bits per heavy atom. The predicted octanol–water partition coefficient (Wildman–Crippen LogP) is 5.87. The van der Waals surface area contributed by atoms with E-state index in [0.29, 0.717) is 21.9 Å². The molecule has 0 radical (unpaired) electrons. The molecule has 30 heavy (non-hydrogen) atoms. The predicted molar refractivity (Wildman–Crippen MR) is 125 cm³/mol. The molecule has 0 saturated heterocycles. The first-order chi connectivity index (χ1) is 14.6. The second kappa shape index (κ2) is 7.90. The Labute approximate surface area is 187 Å². The van der Waals surface area contributed by atoms with E-state index in [-0.39, 0.29) is 0 Å². The molecule has 5 rings (SSSR count). The van der Waals surface area contributed by atoms with Crippen LogP contribution in [0.1, 0.15) is 44.1 Å². The van der Waals surface area contributed by atoms with Crippen LogP contribution in [-0.2, 0) is 5.54 Å². The molecule has 2 N–H and O–H groups in total. The Balaban J connectivity index is 1.67. The van der Waals surface area contributed by atoms with Crippen LogP contribution in [0.2, 0.25) is 10.0 Å². The van der Waals surface area contributed by atoms with Gasteiger partial charge in [-0.05, 0) is 66.1 Å². The first-order valence-electron chi connectivity index (χ1n) is 10.8. The molecule has 6 heteroatoms. The van der Waals surface area contributed by atoms with E-state index in [1.165, 1.54) is 19.3 Å². The SMILES string of the molecule is NC1=NC(c2cccc(-c3cc(Cl)cc(Cl)c3)c2)(C2CCCCC2)C2=NCCCN12. The molecule has 3 aliphatic rings. The second-order valence-electron chi connectivity index (χ2n) is 8.52. The molecule has 2 aromatic rings. The minimum Gasteiger partial charge on any atom is -0.369 e. The number of hydrogen-bond donors (Lipinski definition) is 1. The summed E-state index contributed by atoms with van der Waals surface area (Å²) in [7, 11) is 0. The molecule has 0 aromatic heterocycles. The third kappa shape index (κ3) is 3.30. The molecular formula is C24H26Cl2N4. The van der Waals surface area contributed by atoms with Gasteiger partial charge in [-0.1, -0.05) is 60.7 Å². The van der Waals surface area contributed by atoms with Crippen molar-refractivity contribution < 1.29 is 0 Å². The van der Waals surface area contributed by atoms with Crippen molar-refractivity contribution >= 4 is 35.0 Å². The number of rotatable bonds is 3. The van der Waals surface area contributed by atoms with E-state index in [4.69, 9.17) is 38.9 Å². The van der Waals surface area contributed by atoms with Gasteiger partial charge in [0.2, 0.25) is 0 Å². The zero-order chi connectivity index (χ0) is 20.7. The van der Waals surface area contributed by atoms with Crippen molar-refractivity contribution in [3.63, 3.8) is 0 Å². The summed E-state index contributed by atoms with van der Waals surface area (Å²) in [6.45, 7) is 1.74. The van der Waals surface area contributed by atoms with Gasteiger partial charge >= 0.3 is 0 Å². The number of aliphatic imine (C=N–C) groups is 2. The highest BCUT2D eigenvalue weighted by Crippen LogP contribution is 2.48. The number of halogens is 2. The molecule has 2 aliphatic heterocycles. The van der Waals surface area contributed by atoms with Gasteiger partial charge in [-0.2, -0.15) is 0 Å². The highest BCUT2D eigenvalue weighted by molar-refractivity contribution is 6.35. The van der Waals surface area contributed by atoms with Gasteiger partial charge in [-0.25, -0.2) is 4.99 Å². The number of amidine groups is 1. The monoisotopic (exact) mass is 440 g/mol. The number of nitrogens with zero attached hydrogens (tertiary/aromatic N) is 3. The second-order valence-corrected chi connectivity index (χ2v) is 9.39. The Morgan fingerprint density at radius 1 is 0.933 bits per heavy atom. The quantitative estimate of drug-likeness (QED) is 0.648. The van der Waals surface area contributed by atoms with Crippen molar-refractivity contribution in [1.29, 1.82) is 0 Å². The molecule has 0 spiro atoms. The number of benzene rings is 2. The zero-order valence-electron chi connectivity index (χ0n) is 17.0. The summed E-state index contributed by atoms with van der Waals surface area (Å²) in [5.41, 5.74) is 9.21. The van der Waals surface area contributed by atoms with E-state index in [1.54, 1.807) is 6.07 Å². The molecule has 1 aliphatic carbocycles. The van der Waals surface area contributed by atoms with Crippen LogP contribution in [0.3, 0.4) is 0 Å². The van der Waals surface area contributed by atoms with Crippen molar-refractivity contribution in [2.24, 2.45) is 21.6 Å². The first kappa shape index (κ1) is 19.9. The largest absolute Gasteiger partial charge is 0.369 e. The van der Waals surface area contributed by atoms with Crippen LogP contribution in [-0.4, -0.2) is 29.8 Å². The Hall–Kier alpha value is -2.04. The molecule has 2 heterocycles. The maximum absolute atomic E-state index is 6.46. The fourth-order valence-electron chi connectivity index (χ4n) is 5.33. The average Bonchev–Trinajstić information content (AvgIpc) is 3.08. The van der Waals surface area contributed by atoms with Gasteiger partial charge in [0.15, 0.2) is 5.96 Å². The highest BCUT2D eigenvalue weighted by Gasteiger charge is 2.52. The lowest BCUT2D eigenvalue weighted by molar-refractivity contribution is 0.264. The van der Waals surface area contributed by atoms with E-state index in [2.05, 4.69) is 29.2 Å². The van der Waals surface area contributed by atoms with Crippen LogP contribution in [0, 0.1) is 5.92 Å². The standard InChI is InChI=1S/C24H26Cl2N4/c25-20-13-17(14-21(26)15-20)16-6-4-9-19(12-16)24(18-7-2-1-3-8-18)22-28-10-5-11-30(22)23(27)29-24/h4,6,9,12-15,18H,1-3,5,7-8,10-11H2,(H2,27,29). The van der Waals surface area contributed by atoms with Crippen molar-refractivity contribution in [3.8, 4) is 11.1 Å². The van der Waals surface area contributed by atoms with Crippen LogP contribution >= 0.6 is 23.2 Å². The lowest BCUT2D eigenvalue weighted by Crippen LogP contribution is -2.49. The summed E-state index contributed by atoms with van der Waals surface area (Å²) in [6.07, 6.45) is 7.08. The molecule has 2 aromatic carbocycles. The molecule has 156 valence electrons. The van der Waals surface area contributed by atoms with Gasteiger partial charge in [0.25, 0.3) is 0 Å². The van der Waals surface area contributed by atoms with Crippen molar-refractivity contribution in [2.75, 3.05) is 13.1 Å². The molecule has 4 nitrogen and oxygen atoms in total. The van der Waals surface area contributed by atoms with E-state index in [0.717, 1.165) is 54.9 Å². The van der Waals surface area contributed by atoms with E-state index in [1.807, 2.05) is 12.1 Å². The van der Waals surface area contributed by atoms with Crippen LogP contribution in [0.4, 0.5) is 0 Å². The zero-order valence-corrected chi connectivity index (χ0v) is 18.5. The lowest BCUT2D eigenvalue weighted by atomic mass is 9.70. The number of guanidine groups is 1. The summed E-state index contributed by atoms with van der Waals surface area (Å²) in [6, 6.07) is 14.3. The minimum absolute atomic E-state index is 0.407. The van der Waals surface area contributed by atoms with E-state index < -0.39 is 5.54 Å². The Bertz CT molecular complexity index is 1010. The van der Waals surface area contributed by atoms with E-state index >= 15 is 0 Å². The summed E-state index contributed by atoms with van der Waals surface area (Å²) < 4.78 is 0. The van der Waals surface area contributed by atoms with Gasteiger partial charge < -0.3 is 5.73 Å². The fourth-order valence-corrected chi connectivity index (χ4v) is 5.85. The fraction of sp³-hybridized carbons (Fsp3) is 0.417. The summed E-state index contributed by atoms with van der Waals surface area (Å²) in [5, 5.41) is 1.27. The smallest absolute Gasteiger partial charge is 0.198 e. The van der Waals surface area contributed by atoms with Crippen LogP contribution in [0.5, 0.6) is 0 Å². The third-order valence-electron chi connectivity index (χ3n) is 6.66. The van der Waals surface area contributed by atoms with Crippen molar-refractivity contribution in [3.05, 3.63) is 58.1 Å². The molecule has 1 fully saturated rings. The van der Waals surface area contributed by atoms with Gasteiger partial charge in [0, 0.05) is 23.1 Å². The first-order valence-corrected chi connectivity index (χ1v) is 11.6. The summed E-state index contributed by atoms with van der Waals surface area (Å²) >= 11 is 12.6. The molecule has 0 bridgehead atoms. The third-order valence-corrected chi connectivity index (χ3v) is 7.10. The molecule has 1 atom stereocenters. The lowest BCUT2D eigenvalue weighted by Gasteiger charge is -2.40. The number of fused-ring (bicyclic) bond motifs is 1. The van der Waals surface area contributed by atoms with E-state index in [9.17, 15) is 0 Å². The minimum atomic E-state index is -0.497. The topological polar surface area (TPSA) is 54.0 Å². The Morgan fingerprint density at radius 2 is 1.70 bits per heavy atom. The summed E-state index contributed by atoms with van der Waals surface area (Å²) in [5.74, 6) is 2.06. The van der Waals surface area contributed by atoms with Gasteiger partial charge in [0.1, 0.15) is 11.4 Å². The summed E-state index contributed by atoms with van der Waals surface area (Å²) in [4.78, 5) is 12.3. The number of nitrogens with two attached hydrogens (primary N) is 1. The highest BCUT2D eigenvalue weighted by atomic mass is 35.5. The molecular weight excluding hydrogens is 415 g/mol. The van der Waals surface area contributed by atoms with Crippen LogP contribution in [0.25, 0.3) is 11.1 Å². The normalized spacial score (nSPS) is 24.4. The van der Waals surface area contributed by atoms with Crippen LogP contribution < -0.4 is 5.73 Å². The van der Waals surface area contributed by atoms with Crippen molar-refractivity contribution in [2.45, 2.75) is 44.1 Å². The maximum Gasteiger partial charge on any atom is 0.198 e. The average molecular weight is 441 g/mol. The van der Waals surface area contributed by atoms with Gasteiger partial charge in [0.05, 0.1) is 0 Å². The van der Waals surface area contributed by atoms with Crippen molar-refractivity contribution in [1.82, 2.24) is 4.90 Å². The number of hydrogen-bond acceptors (Lipinski definition) is 4. The Kier molecular flexibility index (Phi) is 5.24. The van der Waals surface area contributed by atoms with Gasteiger partial charge in [-0.15, -0.1) is 0 Å². The molecule has 1 unspecified atom stereocenters. The maximum atomic E-state index is 6.46. The molecule has 0 amide bonds. The van der Waals surface area contributed by atoms with Crippen LogP contribution in [0.15, 0.2) is 52.4 Å².